The Morgan fingerprint density at radius 3 is 2.00 bits per heavy atom. The standard InChI is InChI=1S/C5H12O6S2/c1-3-9-13(7)11-5-4-10-12(6)8-2/h3-5H2,1-2H3. The molecule has 0 spiro atoms. The van der Waals surface area contributed by atoms with E-state index in [1.807, 2.05) is 0 Å². The molecule has 0 aliphatic rings. The molecule has 0 amide bonds. The maximum Gasteiger partial charge on any atom is 0.304 e. The molecule has 2 unspecified atom stereocenters. The SMILES string of the molecule is CCOS(=O)OCCOS(=O)OC. The summed E-state index contributed by atoms with van der Waals surface area (Å²) in [7, 11) is 1.25. The molecular formula is C5H12O6S2. The van der Waals surface area contributed by atoms with Crippen molar-refractivity contribution in [3.05, 3.63) is 0 Å². The highest BCUT2D eigenvalue weighted by Crippen LogP contribution is 1.90. The largest absolute Gasteiger partial charge is 0.304 e. The van der Waals surface area contributed by atoms with Crippen LogP contribution in [0.1, 0.15) is 6.92 Å². The van der Waals surface area contributed by atoms with E-state index >= 15 is 0 Å². The van der Waals surface area contributed by atoms with Gasteiger partial charge in [0.15, 0.2) is 0 Å². The second-order valence-electron chi connectivity index (χ2n) is 1.63. The Hall–Kier alpha value is 0.140. The highest BCUT2D eigenvalue weighted by molar-refractivity contribution is 7.75. The minimum absolute atomic E-state index is 0.0270. The van der Waals surface area contributed by atoms with Crippen LogP contribution in [0.4, 0.5) is 0 Å². The van der Waals surface area contributed by atoms with Crippen molar-refractivity contribution >= 4 is 22.7 Å². The lowest BCUT2D eigenvalue weighted by atomic mass is 10.8. The van der Waals surface area contributed by atoms with Crippen molar-refractivity contribution in [2.75, 3.05) is 26.9 Å². The van der Waals surface area contributed by atoms with Gasteiger partial charge in [0.25, 0.3) is 0 Å². The summed E-state index contributed by atoms with van der Waals surface area (Å²) in [6.07, 6.45) is 0. The van der Waals surface area contributed by atoms with Crippen molar-refractivity contribution in [2.45, 2.75) is 6.92 Å². The van der Waals surface area contributed by atoms with Gasteiger partial charge in [-0.1, -0.05) is 0 Å². The Kier molecular flexibility index (Phi) is 8.82. The van der Waals surface area contributed by atoms with E-state index in [0.29, 0.717) is 6.61 Å². The molecule has 0 aliphatic carbocycles. The molecule has 0 N–H and O–H groups in total. The summed E-state index contributed by atoms with van der Waals surface area (Å²) in [5.41, 5.74) is 0. The van der Waals surface area contributed by atoms with Crippen LogP contribution in [-0.2, 0) is 39.5 Å². The second kappa shape index (κ2) is 8.73. The molecule has 0 aliphatic heterocycles. The van der Waals surface area contributed by atoms with Gasteiger partial charge < -0.3 is 0 Å². The zero-order valence-corrected chi connectivity index (χ0v) is 9.02. The van der Waals surface area contributed by atoms with Gasteiger partial charge in [-0.2, -0.15) is 8.42 Å². The lowest BCUT2D eigenvalue weighted by Crippen LogP contribution is -2.10. The van der Waals surface area contributed by atoms with E-state index in [0.717, 1.165) is 0 Å². The summed E-state index contributed by atoms with van der Waals surface area (Å²) in [5, 5.41) is 0. The van der Waals surface area contributed by atoms with Crippen LogP contribution >= 0.6 is 0 Å². The first-order valence-corrected chi connectivity index (χ1v) is 5.48. The van der Waals surface area contributed by atoms with Crippen molar-refractivity contribution in [1.29, 1.82) is 0 Å². The fourth-order valence-corrected chi connectivity index (χ4v) is 1.15. The van der Waals surface area contributed by atoms with Crippen molar-refractivity contribution < 1.29 is 25.2 Å². The summed E-state index contributed by atoms with van der Waals surface area (Å²) >= 11 is -3.52. The molecule has 2 atom stereocenters. The summed E-state index contributed by atoms with van der Waals surface area (Å²) in [6, 6.07) is 0. The van der Waals surface area contributed by atoms with Crippen LogP contribution in [0.5, 0.6) is 0 Å². The zero-order chi connectivity index (χ0) is 10.1. The van der Waals surface area contributed by atoms with Crippen LogP contribution in [0.15, 0.2) is 0 Å². The number of rotatable bonds is 8. The first kappa shape index (κ1) is 13.1. The first-order chi connectivity index (χ1) is 6.20. The van der Waals surface area contributed by atoms with Crippen molar-refractivity contribution in [1.82, 2.24) is 0 Å². The van der Waals surface area contributed by atoms with E-state index in [-0.39, 0.29) is 13.2 Å². The van der Waals surface area contributed by atoms with Crippen molar-refractivity contribution in [3.8, 4) is 0 Å². The van der Waals surface area contributed by atoms with Crippen LogP contribution in [0.25, 0.3) is 0 Å². The third-order valence-corrected chi connectivity index (χ3v) is 2.21. The fraction of sp³-hybridized carbons (Fsp3) is 1.00. The quantitative estimate of drug-likeness (QED) is 0.542. The van der Waals surface area contributed by atoms with Gasteiger partial charge in [0, 0.05) is 0 Å². The molecule has 0 aromatic rings. The molecular weight excluding hydrogens is 220 g/mol. The molecule has 0 heterocycles. The van der Waals surface area contributed by atoms with Gasteiger partial charge in [-0.05, 0) is 6.92 Å². The minimum Gasteiger partial charge on any atom is -0.272 e. The van der Waals surface area contributed by atoms with Gasteiger partial charge in [0.2, 0.25) is 0 Å². The normalized spacial score (nSPS) is 15.5. The van der Waals surface area contributed by atoms with Crippen LogP contribution in [0, 0.1) is 0 Å². The number of hydrogen-bond acceptors (Lipinski definition) is 6. The predicted octanol–water partition coefficient (Wildman–Crippen LogP) is -0.140. The summed E-state index contributed by atoms with van der Waals surface area (Å²) < 4.78 is 39.2. The molecule has 13 heavy (non-hydrogen) atoms. The lowest BCUT2D eigenvalue weighted by molar-refractivity contribution is 0.198. The van der Waals surface area contributed by atoms with Crippen molar-refractivity contribution in [2.24, 2.45) is 0 Å². The summed E-state index contributed by atoms with van der Waals surface area (Å²) in [6.45, 7) is 2.05. The summed E-state index contributed by atoms with van der Waals surface area (Å²) in [5.74, 6) is 0. The first-order valence-electron chi connectivity index (χ1n) is 3.48. The van der Waals surface area contributed by atoms with E-state index < -0.39 is 22.7 Å². The van der Waals surface area contributed by atoms with E-state index in [1.165, 1.54) is 7.11 Å². The van der Waals surface area contributed by atoms with Gasteiger partial charge in [-0.3, -0.25) is 16.7 Å². The smallest absolute Gasteiger partial charge is 0.272 e. The Bertz CT molecular complexity index is 172. The van der Waals surface area contributed by atoms with Gasteiger partial charge in [0.05, 0.1) is 26.9 Å². The van der Waals surface area contributed by atoms with E-state index in [1.54, 1.807) is 6.92 Å². The maximum atomic E-state index is 10.7. The van der Waals surface area contributed by atoms with Gasteiger partial charge in [0.1, 0.15) is 0 Å². The molecule has 0 fully saturated rings. The van der Waals surface area contributed by atoms with Crippen LogP contribution in [0.3, 0.4) is 0 Å². The zero-order valence-electron chi connectivity index (χ0n) is 7.39. The third-order valence-electron chi connectivity index (χ3n) is 0.793. The average molecular weight is 232 g/mol. The molecule has 0 saturated heterocycles. The Balaban J connectivity index is 3.25. The molecule has 0 aromatic carbocycles. The lowest BCUT2D eigenvalue weighted by Gasteiger charge is -2.01. The maximum absolute atomic E-state index is 10.7. The third kappa shape index (κ3) is 8.47. The predicted molar refractivity (Wildman–Crippen MR) is 46.8 cm³/mol. The molecule has 80 valence electrons. The van der Waals surface area contributed by atoms with E-state index in [2.05, 4.69) is 16.7 Å². The van der Waals surface area contributed by atoms with Crippen LogP contribution < -0.4 is 0 Å². The topological polar surface area (TPSA) is 71.1 Å². The Labute approximate surface area is 82.2 Å². The van der Waals surface area contributed by atoms with Crippen LogP contribution in [0.2, 0.25) is 0 Å². The van der Waals surface area contributed by atoms with Gasteiger partial charge in [-0.25, -0.2) is 0 Å². The van der Waals surface area contributed by atoms with Crippen LogP contribution in [-0.4, -0.2) is 35.3 Å². The Morgan fingerprint density at radius 1 is 1.00 bits per heavy atom. The highest BCUT2D eigenvalue weighted by Gasteiger charge is 2.01. The molecule has 8 heteroatoms. The minimum atomic E-state index is -1.77. The monoisotopic (exact) mass is 232 g/mol. The average Bonchev–Trinajstić information content (AvgIpc) is 2.12. The molecule has 0 bridgehead atoms. The van der Waals surface area contributed by atoms with E-state index in [4.69, 9.17) is 0 Å². The van der Waals surface area contributed by atoms with E-state index in [9.17, 15) is 8.42 Å². The highest BCUT2D eigenvalue weighted by atomic mass is 32.2. The Morgan fingerprint density at radius 2 is 1.54 bits per heavy atom. The fourth-order valence-electron chi connectivity index (χ4n) is 0.382. The summed E-state index contributed by atoms with van der Waals surface area (Å²) in [4.78, 5) is 0. The molecule has 0 radical (unpaired) electrons. The van der Waals surface area contributed by atoms with Gasteiger partial charge >= 0.3 is 22.7 Å². The van der Waals surface area contributed by atoms with Crippen molar-refractivity contribution in [3.63, 3.8) is 0 Å². The molecule has 6 nitrogen and oxygen atoms in total. The number of hydrogen-bond donors (Lipinski definition) is 0. The molecule has 0 saturated carbocycles. The van der Waals surface area contributed by atoms with Gasteiger partial charge in [-0.15, -0.1) is 0 Å². The molecule has 0 aromatic heterocycles. The second-order valence-corrected chi connectivity index (χ2v) is 3.48. The molecule has 0 rings (SSSR count).